The lowest BCUT2D eigenvalue weighted by Gasteiger charge is -2.41. The van der Waals surface area contributed by atoms with Crippen LogP contribution in [0, 0.1) is 0 Å². The van der Waals surface area contributed by atoms with Gasteiger partial charge in [-0.2, -0.15) is 0 Å². The van der Waals surface area contributed by atoms with Gasteiger partial charge in [-0.05, 0) is 41.5 Å². The molecule has 2 amide bonds. The molecule has 1 saturated heterocycles. The number of aliphatic imine (C=N–C) groups is 1. The highest BCUT2D eigenvalue weighted by molar-refractivity contribution is 7.89. The second-order valence-corrected chi connectivity index (χ2v) is 9.89. The Labute approximate surface area is 154 Å². The van der Waals surface area contributed by atoms with E-state index >= 15 is 0 Å². The van der Waals surface area contributed by atoms with Crippen molar-refractivity contribution in [3.05, 3.63) is 0 Å². The van der Waals surface area contributed by atoms with Gasteiger partial charge in [0.15, 0.2) is 0 Å². The van der Waals surface area contributed by atoms with Gasteiger partial charge in [-0.3, -0.25) is 4.90 Å². The van der Waals surface area contributed by atoms with E-state index in [9.17, 15) is 18.0 Å². The Bertz CT molecular complexity index is 684. The van der Waals surface area contributed by atoms with Crippen LogP contribution in [0.5, 0.6) is 0 Å². The normalized spacial score (nSPS) is 16.8. The van der Waals surface area contributed by atoms with Crippen molar-refractivity contribution in [3.8, 4) is 0 Å². The number of nitrogens with two attached hydrogens (primary N) is 1. The van der Waals surface area contributed by atoms with Crippen molar-refractivity contribution in [3.63, 3.8) is 0 Å². The number of carbonyl (C=O) groups excluding carboxylic acids is 2. The van der Waals surface area contributed by atoms with E-state index < -0.39 is 38.7 Å². The molecular formula is C15H28N4O6S. The summed E-state index contributed by atoms with van der Waals surface area (Å²) < 4.78 is 33.2. The van der Waals surface area contributed by atoms with Gasteiger partial charge in [-0.25, -0.2) is 23.1 Å². The van der Waals surface area contributed by atoms with Crippen LogP contribution in [0.4, 0.5) is 9.59 Å². The van der Waals surface area contributed by atoms with E-state index in [1.54, 1.807) is 41.5 Å². The second kappa shape index (κ2) is 7.39. The molecule has 0 aromatic rings. The third kappa shape index (κ3) is 6.79. The van der Waals surface area contributed by atoms with Crippen LogP contribution < -0.4 is 5.14 Å². The molecule has 1 heterocycles. The molecule has 0 bridgehead atoms. The third-order valence-electron chi connectivity index (χ3n) is 3.15. The molecule has 0 saturated carbocycles. The predicted molar refractivity (Wildman–Crippen MR) is 96.1 cm³/mol. The summed E-state index contributed by atoms with van der Waals surface area (Å²) in [5.41, 5.74) is -1.52. The summed E-state index contributed by atoms with van der Waals surface area (Å²) in [7, 11) is -2.34. The fourth-order valence-electron chi connectivity index (χ4n) is 1.95. The first-order valence-corrected chi connectivity index (χ1v) is 9.65. The monoisotopic (exact) mass is 392 g/mol. The lowest BCUT2D eigenvalue weighted by Crippen LogP contribution is -2.62. The Morgan fingerprint density at radius 2 is 1.54 bits per heavy atom. The first kappa shape index (κ1) is 22.2. The summed E-state index contributed by atoms with van der Waals surface area (Å²) in [6, 6.07) is 0. The number of carbonyl (C=O) groups is 2. The average Bonchev–Trinajstić information content (AvgIpc) is 2.28. The number of likely N-dealkylation sites (tertiary alicyclic amines) is 1. The van der Waals surface area contributed by atoms with Crippen molar-refractivity contribution in [2.75, 3.05) is 20.1 Å². The van der Waals surface area contributed by atoms with Crippen molar-refractivity contribution in [1.29, 1.82) is 0 Å². The van der Waals surface area contributed by atoms with Gasteiger partial charge in [0.25, 0.3) is 0 Å². The molecule has 0 unspecified atom stereocenters. The fraction of sp³-hybridized carbons (Fsp3) is 0.800. The molecule has 0 spiro atoms. The molecule has 11 heteroatoms. The molecule has 2 N–H and O–H groups in total. The molecule has 0 atom stereocenters. The van der Waals surface area contributed by atoms with Gasteiger partial charge in [0, 0.05) is 20.1 Å². The molecule has 1 rings (SSSR count). The van der Waals surface area contributed by atoms with E-state index in [-0.39, 0.29) is 19.0 Å². The van der Waals surface area contributed by atoms with Crippen LogP contribution >= 0.6 is 0 Å². The highest BCUT2D eigenvalue weighted by Crippen LogP contribution is 2.19. The van der Waals surface area contributed by atoms with E-state index in [1.807, 2.05) is 0 Å². The number of sulfonamides is 1. The lowest BCUT2D eigenvalue weighted by molar-refractivity contribution is 0.0374. The number of hydrogen-bond donors (Lipinski definition) is 1. The molecule has 150 valence electrons. The van der Waals surface area contributed by atoms with Gasteiger partial charge in [-0.1, -0.05) is 0 Å². The Morgan fingerprint density at radius 1 is 1.08 bits per heavy atom. The number of nitrogens with zero attached hydrogens (tertiary/aromatic N) is 3. The highest BCUT2D eigenvalue weighted by atomic mass is 32.2. The van der Waals surface area contributed by atoms with E-state index in [1.165, 1.54) is 11.9 Å². The Morgan fingerprint density at radius 3 is 1.92 bits per heavy atom. The number of guanidine groups is 1. The largest absolute Gasteiger partial charge is 0.443 e. The van der Waals surface area contributed by atoms with Crippen LogP contribution in [-0.4, -0.2) is 73.0 Å². The van der Waals surface area contributed by atoms with Gasteiger partial charge >= 0.3 is 12.2 Å². The fourth-order valence-corrected chi connectivity index (χ4v) is 2.72. The minimum Gasteiger partial charge on any atom is -0.443 e. The zero-order chi connectivity index (χ0) is 20.5. The van der Waals surface area contributed by atoms with E-state index in [2.05, 4.69) is 4.99 Å². The predicted octanol–water partition coefficient (Wildman–Crippen LogP) is 1.12. The molecule has 1 aliphatic rings. The molecule has 0 aromatic heterocycles. The molecule has 10 nitrogen and oxygen atoms in total. The maximum absolute atomic E-state index is 12.3. The molecular weight excluding hydrogens is 364 g/mol. The van der Waals surface area contributed by atoms with Crippen molar-refractivity contribution >= 4 is 28.2 Å². The Balaban J connectivity index is 3.03. The summed E-state index contributed by atoms with van der Waals surface area (Å²) in [4.78, 5) is 30.6. The number of amides is 2. The van der Waals surface area contributed by atoms with Crippen LogP contribution in [-0.2, 0) is 19.5 Å². The summed E-state index contributed by atoms with van der Waals surface area (Å²) in [5, 5.41) is 4.32. The molecule has 0 radical (unpaired) electrons. The Kier molecular flexibility index (Phi) is 6.30. The van der Waals surface area contributed by atoms with Gasteiger partial charge in [-0.15, -0.1) is 4.99 Å². The molecule has 26 heavy (non-hydrogen) atoms. The number of ether oxygens (including phenoxy) is 2. The highest BCUT2D eigenvalue weighted by Gasteiger charge is 2.40. The molecule has 0 aromatic carbocycles. The van der Waals surface area contributed by atoms with E-state index in [4.69, 9.17) is 14.6 Å². The van der Waals surface area contributed by atoms with Crippen molar-refractivity contribution < 1.29 is 27.5 Å². The van der Waals surface area contributed by atoms with Crippen molar-refractivity contribution in [2.45, 2.75) is 58.0 Å². The van der Waals surface area contributed by atoms with Crippen LogP contribution in [0.1, 0.15) is 41.5 Å². The Hall–Kier alpha value is -1.88. The quantitative estimate of drug-likeness (QED) is 0.522. The van der Waals surface area contributed by atoms with Crippen LogP contribution in [0.25, 0.3) is 0 Å². The van der Waals surface area contributed by atoms with Gasteiger partial charge in [0.1, 0.15) is 16.5 Å². The van der Waals surface area contributed by atoms with Crippen LogP contribution in [0.2, 0.25) is 0 Å². The zero-order valence-electron chi connectivity index (χ0n) is 16.3. The smallest absolute Gasteiger partial charge is 0.437 e. The molecule has 1 aliphatic heterocycles. The van der Waals surface area contributed by atoms with Gasteiger partial charge < -0.3 is 14.4 Å². The standard InChI is InChI=1S/C15H28N4O6S/c1-14(2,3)24-12(20)17-11(18(7)13(21)25-15(4,5)6)19-8-10(9-19)26(16,22)23/h10H,8-9H2,1-7H3,(H2,16,22,23)/b17-11-. The summed E-state index contributed by atoms with van der Waals surface area (Å²) >= 11 is 0. The number of primary sulfonamides is 1. The first-order chi connectivity index (χ1) is 11.5. The van der Waals surface area contributed by atoms with Crippen LogP contribution in [0.15, 0.2) is 4.99 Å². The third-order valence-corrected chi connectivity index (χ3v) is 4.38. The minimum atomic E-state index is -3.71. The van der Waals surface area contributed by atoms with Crippen molar-refractivity contribution in [1.82, 2.24) is 9.80 Å². The zero-order valence-corrected chi connectivity index (χ0v) is 17.1. The van der Waals surface area contributed by atoms with Crippen molar-refractivity contribution in [2.24, 2.45) is 10.1 Å². The van der Waals surface area contributed by atoms with E-state index in [0.717, 1.165) is 4.90 Å². The second-order valence-electron chi connectivity index (χ2n) is 8.05. The SMILES string of the molecule is CN(C(=O)OC(C)(C)C)/C(=N/C(=O)OC(C)(C)C)N1CC(S(N)(=O)=O)C1. The molecule has 0 aliphatic carbocycles. The van der Waals surface area contributed by atoms with E-state index in [0.29, 0.717) is 0 Å². The minimum absolute atomic E-state index is 0.00754. The van der Waals surface area contributed by atoms with Crippen LogP contribution in [0.3, 0.4) is 0 Å². The van der Waals surface area contributed by atoms with Gasteiger partial charge in [0.05, 0.1) is 0 Å². The average molecular weight is 392 g/mol. The first-order valence-electron chi connectivity index (χ1n) is 8.04. The summed E-state index contributed by atoms with van der Waals surface area (Å²) in [6.45, 7) is 10.1. The summed E-state index contributed by atoms with van der Waals surface area (Å²) in [5.74, 6) is -0.0617. The maximum Gasteiger partial charge on any atom is 0.437 e. The topological polar surface area (TPSA) is 132 Å². The summed E-state index contributed by atoms with van der Waals surface area (Å²) in [6.07, 6.45) is -1.64. The van der Waals surface area contributed by atoms with Gasteiger partial charge in [0.2, 0.25) is 16.0 Å². The molecule has 1 fully saturated rings. The number of rotatable bonds is 1. The number of hydrogen-bond acceptors (Lipinski definition) is 6. The maximum atomic E-state index is 12.3. The lowest BCUT2D eigenvalue weighted by atomic mass is 10.2.